The highest BCUT2D eigenvalue weighted by Crippen LogP contribution is 2.36. The van der Waals surface area contributed by atoms with Crippen molar-refractivity contribution < 1.29 is 36.2 Å². The van der Waals surface area contributed by atoms with Crippen molar-refractivity contribution in [2.24, 2.45) is 0 Å². The molecule has 4 nitrogen and oxygen atoms in total. The summed E-state index contributed by atoms with van der Waals surface area (Å²) in [6, 6.07) is 0.651. The van der Waals surface area contributed by atoms with Gasteiger partial charge in [0.2, 0.25) is 0 Å². The number of pyridine rings is 1. The van der Waals surface area contributed by atoms with Crippen molar-refractivity contribution in [3.8, 4) is 5.75 Å². The number of alkyl halides is 6. The fraction of sp³-hybridized carbons (Fsp3) is 0.455. The number of ether oxygens (including phenoxy) is 2. The maximum atomic E-state index is 12.9. The van der Waals surface area contributed by atoms with Crippen LogP contribution in [0.3, 0.4) is 0 Å². The van der Waals surface area contributed by atoms with E-state index < -0.39 is 36.5 Å². The number of halogens is 6. The van der Waals surface area contributed by atoms with Crippen LogP contribution in [-0.2, 0) is 21.3 Å². The van der Waals surface area contributed by atoms with E-state index in [1.54, 1.807) is 0 Å². The summed E-state index contributed by atoms with van der Waals surface area (Å²) < 4.78 is 70.6. The third kappa shape index (κ3) is 5.10. The van der Waals surface area contributed by atoms with E-state index in [-0.39, 0.29) is 16.7 Å². The zero-order chi connectivity index (χ0) is 16.2. The van der Waals surface area contributed by atoms with E-state index in [1.165, 1.54) is 0 Å². The first kappa shape index (κ1) is 17.6. The van der Waals surface area contributed by atoms with Crippen molar-refractivity contribution in [3.05, 3.63) is 23.0 Å². The molecule has 0 fully saturated rings. The lowest BCUT2D eigenvalue weighted by molar-refractivity contribution is -0.275. The molecule has 0 N–H and O–H groups in total. The Morgan fingerprint density at radius 2 is 2.05 bits per heavy atom. The summed E-state index contributed by atoms with van der Waals surface area (Å²) in [7, 11) is 1.08. The molecule has 118 valence electrons. The zero-order valence-corrected chi connectivity index (χ0v) is 12.1. The number of hydrogen-bond acceptors (Lipinski definition) is 4. The highest BCUT2D eigenvalue weighted by molar-refractivity contribution is 9.08. The van der Waals surface area contributed by atoms with Gasteiger partial charge in [-0.15, -0.1) is 13.2 Å². The molecule has 10 heteroatoms. The number of esters is 1. The van der Waals surface area contributed by atoms with E-state index in [0.29, 0.717) is 6.07 Å². The van der Waals surface area contributed by atoms with Gasteiger partial charge in [0.15, 0.2) is 0 Å². The van der Waals surface area contributed by atoms with Crippen LogP contribution in [0.15, 0.2) is 6.07 Å². The SMILES string of the molecule is COC(=O)Cc1cc(OC(F)(F)F)c(C(F)F)c(CBr)n1. The van der Waals surface area contributed by atoms with Crippen LogP contribution in [0.2, 0.25) is 0 Å². The normalized spacial score (nSPS) is 11.6. The van der Waals surface area contributed by atoms with Gasteiger partial charge in [0, 0.05) is 11.4 Å². The fourth-order valence-corrected chi connectivity index (χ4v) is 1.92. The maximum Gasteiger partial charge on any atom is 0.573 e. The molecule has 0 aromatic carbocycles. The number of nitrogens with zero attached hydrogens (tertiary/aromatic N) is 1. The van der Waals surface area contributed by atoms with Gasteiger partial charge in [0.1, 0.15) is 5.75 Å². The Kier molecular flexibility index (Phi) is 5.87. The summed E-state index contributed by atoms with van der Waals surface area (Å²) in [5.74, 6) is -1.85. The lowest BCUT2D eigenvalue weighted by atomic mass is 10.1. The molecule has 0 amide bonds. The van der Waals surface area contributed by atoms with E-state index in [9.17, 15) is 26.7 Å². The predicted octanol–water partition coefficient (Wildman–Crippen LogP) is 3.53. The first-order valence-electron chi connectivity index (χ1n) is 5.37. The van der Waals surface area contributed by atoms with Crippen LogP contribution in [0.4, 0.5) is 22.0 Å². The lowest BCUT2D eigenvalue weighted by Crippen LogP contribution is -2.20. The quantitative estimate of drug-likeness (QED) is 0.447. The topological polar surface area (TPSA) is 48.4 Å². The summed E-state index contributed by atoms with van der Waals surface area (Å²) in [5.41, 5.74) is -1.48. The fourth-order valence-electron chi connectivity index (χ4n) is 1.49. The van der Waals surface area contributed by atoms with E-state index in [2.05, 4.69) is 30.4 Å². The molecule has 0 radical (unpaired) electrons. The van der Waals surface area contributed by atoms with E-state index in [4.69, 9.17) is 0 Å². The monoisotopic (exact) mass is 377 g/mol. The molecule has 1 rings (SSSR count). The van der Waals surface area contributed by atoms with Crippen LogP contribution >= 0.6 is 15.9 Å². The lowest BCUT2D eigenvalue weighted by Gasteiger charge is -2.16. The summed E-state index contributed by atoms with van der Waals surface area (Å²) in [5, 5.41) is -0.226. The van der Waals surface area contributed by atoms with Crippen LogP contribution in [0.5, 0.6) is 5.75 Å². The van der Waals surface area contributed by atoms with Gasteiger partial charge in [-0.25, -0.2) is 8.78 Å². The van der Waals surface area contributed by atoms with Crippen molar-refractivity contribution in [3.63, 3.8) is 0 Å². The van der Waals surface area contributed by atoms with E-state index in [1.807, 2.05) is 0 Å². The Morgan fingerprint density at radius 3 is 2.48 bits per heavy atom. The molecule has 0 atom stereocenters. The van der Waals surface area contributed by atoms with Crippen molar-refractivity contribution >= 4 is 21.9 Å². The molecule has 0 aliphatic heterocycles. The highest BCUT2D eigenvalue weighted by atomic mass is 79.9. The molecule has 1 heterocycles. The summed E-state index contributed by atoms with van der Waals surface area (Å²) >= 11 is 2.86. The number of rotatable bonds is 5. The summed E-state index contributed by atoms with van der Waals surface area (Å²) in [4.78, 5) is 14.8. The van der Waals surface area contributed by atoms with Crippen molar-refractivity contribution in [2.75, 3.05) is 7.11 Å². The second kappa shape index (κ2) is 7.01. The number of methoxy groups -OCH3 is 1. The van der Waals surface area contributed by atoms with Gasteiger partial charge in [-0.1, -0.05) is 15.9 Å². The van der Waals surface area contributed by atoms with Gasteiger partial charge in [-0.05, 0) is 0 Å². The van der Waals surface area contributed by atoms with Crippen molar-refractivity contribution in [1.29, 1.82) is 0 Å². The molecular weight excluding hydrogens is 369 g/mol. The standard InChI is InChI=1S/C11H9BrF5NO3/c1-20-8(19)3-5-2-7(21-11(15,16)17)9(10(13)14)6(4-12)18-5/h2,10H,3-4H2,1H3. The maximum absolute atomic E-state index is 12.9. The second-order valence-electron chi connectivity index (χ2n) is 3.71. The largest absolute Gasteiger partial charge is 0.573 e. The minimum atomic E-state index is -5.14. The highest BCUT2D eigenvalue weighted by Gasteiger charge is 2.34. The van der Waals surface area contributed by atoms with Gasteiger partial charge in [-0.2, -0.15) is 0 Å². The Morgan fingerprint density at radius 1 is 1.43 bits per heavy atom. The van der Waals surface area contributed by atoms with Crippen LogP contribution in [0.1, 0.15) is 23.4 Å². The van der Waals surface area contributed by atoms with Crippen LogP contribution in [0, 0.1) is 0 Å². The third-order valence-electron chi connectivity index (χ3n) is 2.28. The zero-order valence-electron chi connectivity index (χ0n) is 10.5. The van der Waals surface area contributed by atoms with Gasteiger partial charge in [-0.3, -0.25) is 9.78 Å². The molecule has 21 heavy (non-hydrogen) atoms. The first-order chi connectivity index (χ1) is 9.67. The first-order valence-corrected chi connectivity index (χ1v) is 6.49. The van der Waals surface area contributed by atoms with Gasteiger partial charge in [0.25, 0.3) is 6.43 Å². The molecule has 0 bridgehead atoms. The van der Waals surface area contributed by atoms with Crippen molar-refractivity contribution in [2.45, 2.75) is 24.5 Å². The molecule has 0 saturated carbocycles. The Labute approximate surface area is 124 Å². The molecule has 1 aromatic heterocycles. The second-order valence-corrected chi connectivity index (χ2v) is 4.27. The summed E-state index contributed by atoms with van der Waals surface area (Å²) in [6.45, 7) is 0. The molecule has 0 aliphatic carbocycles. The van der Waals surface area contributed by atoms with Gasteiger partial charge < -0.3 is 9.47 Å². The number of hydrogen-bond donors (Lipinski definition) is 0. The average molecular weight is 378 g/mol. The van der Waals surface area contributed by atoms with Crippen LogP contribution < -0.4 is 4.74 Å². The van der Waals surface area contributed by atoms with E-state index in [0.717, 1.165) is 7.11 Å². The van der Waals surface area contributed by atoms with Crippen LogP contribution in [0.25, 0.3) is 0 Å². The van der Waals surface area contributed by atoms with Gasteiger partial charge >= 0.3 is 12.3 Å². The molecule has 1 aromatic rings. The third-order valence-corrected chi connectivity index (χ3v) is 2.81. The molecule has 0 unspecified atom stereocenters. The molecule has 0 aliphatic rings. The van der Waals surface area contributed by atoms with Crippen molar-refractivity contribution in [1.82, 2.24) is 4.98 Å². The van der Waals surface area contributed by atoms with Crippen LogP contribution in [-0.4, -0.2) is 24.4 Å². The van der Waals surface area contributed by atoms with E-state index >= 15 is 0 Å². The molecule has 0 spiro atoms. The average Bonchev–Trinajstić information content (AvgIpc) is 2.35. The number of carbonyl (C=O) groups is 1. The molecular formula is C11H9BrF5NO3. The number of carbonyl (C=O) groups excluding carboxylic acids is 1. The number of aromatic nitrogens is 1. The Hall–Kier alpha value is -1.45. The predicted molar refractivity (Wildman–Crippen MR) is 64.2 cm³/mol. The minimum absolute atomic E-state index is 0.167. The Bertz CT molecular complexity index is 521. The summed E-state index contributed by atoms with van der Waals surface area (Å²) in [6.07, 6.45) is -8.82. The minimum Gasteiger partial charge on any atom is -0.469 e. The molecule has 0 saturated heterocycles. The van der Waals surface area contributed by atoms with Gasteiger partial charge in [0.05, 0.1) is 30.5 Å². The smallest absolute Gasteiger partial charge is 0.469 e. The Balaban J connectivity index is 3.33.